The predicted octanol–water partition coefficient (Wildman–Crippen LogP) is 3.49. The van der Waals surface area contributed by atoms with Crippen LogP contribution in [0.3, 0.4) is 0 Å². The molecule has 1 fully saturated rings. The number of methoxy groups -OCH3 is 4. The van der Waals surface area contributed by atoms with E-state index in [1.165, 1.54) is 0 Å². The molecule has 1 aliphatic heterocycles. The number of nitrogens with one attached hydrogen (secondary N) is 1. The lowest BCUT2D eigenvalue weighted by Gasteiger charge is -2.21. The molecule has 1 saturated heterocycles. The van der Waals surface area contributed by atoms with Crippen LogP contribution in [-0.4, -0.2) is 64.8 Å². The number of ether oxygens (including phenoxy) is 4. The fourth-order valence-electron chi connectivity index (χ4n) is 4.35. The Bertz CT molecular complexity index is 984. The Kier molecular flexibility index (Phi) is 8.62. The highest BCUT2D eigenvalue weighted by atomic mass is 16.5. The van der Waals surface area contributed by atoms with E-state index in [4.69, 9.17) is 18.9 Å². The molecule has 1 N–H and O–H groups in total. The van der Waals surface area contributed by atoms with E-state index in [0.29, 0.717) is 48.2 Å². The van der Waals surface area contributed by atoms with Gasteiger partial charge in [-0.2, -0.15) is 0 Å². The van der Waals surface area contributed by atoms with Crippen LogP contribution < -0.4 is 24.3 Å². The van der Waals surface area contributed by atoms with Crippen molar-refractivity contribution in [2.24, 2.45) is 5.92 Å². The molecule has 2 aromatic rings. The van der Waals surface area contributed by atoms with Gasteiger partial charge in [-0.15, -0.1) is 0 Å². The van der Waals surface area contributed by atoms with Crippen molar-refractivity contribution in [2.75, 3.05) is 48.1 Å². The van der Waals surface area contributed by atoms with Gasteiger partial charge in [-0.3, -0.25) is 9.59 Å². The first kappa shape index (κ1) is 25.2. The number of carbonyl (C=O) groups excluding carboxylic acids is 2. The molecule has 0 unspecified atom stereocenters. The summed E-state index contributed by atoms with van der Waals surface area (Å²) >= 11 is 0. The first-order valence-electron chi connectivity index (χ1n) is 11.5. The molecular weight excluding hydrogens is 436 g/mol. The van der Waals surface area contributed by atoms with Crippen molar-refractivity contribution in [1.82, 2.24) is 10.2 Å². The Morgan fingerprint density at radius 2 is 1.68 bits per heavy atom. The van der Waals surface area contributed by atoms with Gasteiger partial charge in [-0.1, -0.05) is 19.4 Å². The Labute approximate surface area is 201 Å². The third kappa shape index (κ3) is 5.38. The quantitative estimate of drug-likeness (QED) is 0.535. The fourth-order valence-corrected chi connectivity index (χ4v) is 4.35. The van der Waals surface area contributed by atoms with Crippen LogP contribution in [0.25, 0.3) is 0 Å². The maximum atomic E-state index is 13.3. The second-order valence-corrected chi connectivity index (χ2v) is 8.26. The number of benzene rings is 2. The molecule has 0 aliphatic carbocycles. The zero-order chi connectivity index (χ0) is 24.7. The average Bonchev–Trinajstić information content (AvgIpc) is 3.33. The summed E-state index contributed by atoms with van der Waals surface area (Å²) in [6, 6.07) is 10.8. The highest BCUT2D eigenvalue weighted by Crippen LogP contribution is 2.43. The lowest BCUT2D eigenvalue weighted by Crippen LogP contribution is -2.36. The molecule has 0 aromatic heterocycles. The zero-order valence-electron chi connectivity index (χ0n) is 20.6. The molecule has 8 heteroatoms. The second kappa shape index (κ2) is 11.6. The van der Waals surface area contributed by atoms with Crippen molar-refractivity contribution < 1.29 is 28.5 Å². The van der Waals surface area contributed by atoms with E-state index >= 15 is 0 Å². The highest BCUT2D eigenvalue weighted by Gasteiger charge is 2.41. The Morgan fingerprint density at radius 3 is 2.26 bits per heavy atom. The highest BCUT2D eigenvalue weighted by molar-refractivity contribution is 5.95. The minimum absolute atomic E-state index is 0.0619. The van der Waals surface area contributed by atoms with Gasteiger partial charge in [0.15, 0.2) is 11.5 Å². The van der Waals surface area contributed by atoms with E-state index < -0.39 is 5.92 Å². The van der Waals surface area contributed by atoms with Gasteiger partial charge in [0.2, 0.25) is 11.7 Å². The van der Waals surface area contributed by atoms with Gasteiger partial charge in [-0.05, 0) is 42.3 Å². The molecule has 3 rings (SSSR count). The molecule has 184 valence electrons. The standard InChI is InChI=1S/C26H34N2O6/c1-6-7-11-27-25(29)21-16-28(26(30)17-9-8-10-19(12-17)31-2)15-20(21)18-13-22(32-3)24(34-5)23(14-18)33-4/h8-10,12-14,20-21H,6-7,11,15-16H2,1-5H3,(H,27,29)/t20-,21-/m0/s1. The zero-order valence-corrected chi connectivity index (χ0v) is 20.6. The van der Waals surface area contributed by atoms with Crippen molar-refractivity contribution in [3.63, 3.8) is 0 Å². The van der Waals surface area contributed by atoms with E-state index in [1.54, 1.807) is 57.6 Å². The summed E-state index contributed by atoms with van der Waals surface area (Å²) in [5.41, 5.74) is 1.38. The minimum atomic E-state index is -0.408. The molecule has 34 heavy (non-hydrogen) atoms. The first-order chi connectivity index (χ1) is 16.5. The summed E-state index contributed by atoms with van der Waals surface area (Å²) in [4.78, 5) is 28.3. The summed E-state index contributed by atoms with van der Waals surface area (Å²) in [7, 11) is 6.23. The van der Waals surface area contributed by atoms with E-state index in [-0.39, 0.29) is 17.7 Å². The number of unbranched alkanes of at least 4 members (excludes halogenated alkanes) is 1. The summed E-state index contributed by atoms with van der Waals surface area (Å²) in [5.74, 6) is 1.28. The third-order valence-electron chi connectivity index (χ3n) is 6.21. The van der Waals surface area contributed by atoms with Crippen LogP contribution in [0.4, 0.5) is 0 Å². The third-order valence-corrected chi connectivity index (χ3v) is 6.21. The van der Waals surface area contributed by atoms with Gasteiger partial charge < -0.3 is 29.2 Å². The number of nitrogens with zero attached hydrogens (tertiary/aromatic N) is 1. The van der Waals surface area contributed by atoms with Crippen molar-refractivity contribution in [2.45, 2.75) is 25.7 Å². The maximum Gasteiger partial charge on any atom is 0.254 e. The lowest BCUT2D eigenvalue weighted by atomic mass is 9.88. The summed E-state index contributed by atoms with van der Waals surface area (Å²) < 4.78 is 21.8. The fraction of sp³-hybridized carbons (Fsp3) is 0.462. The van der Waals surface area contributed by atoms with Gasteiger partial charge in [0.25, 0.3) is 5.91 Å². The predicted molar refractivity (Wildman–Crippen MR) is 129 cm³/mol. The summed E-state index contributed by atoms with van der Waals surface area (Å²) in [6.07, 6.45) is 1.89. The van der Waals surface area contributed by atoms with Crippen LogP contribution >= 0.6 is 0 Å². The Hall–Kier alpha value is -3.42. The number of amides is 2. The van der Waals surface area contributed by atoms with Crippen LogP contribution in [0.2, 0.25) is 0 Å². The molecule has 8 nitrogen and oxygen atoms in total. The van der Waals surface area contributed by atoms with Crippen LogP contribution in [0.15, 0.2) is 36.4 Å². The van der Waals surface area contributed by atoms with E-state index in [9.17, 15) is 9.59 Å². The lowest BCUT2D eigenvalue weighted by molar-refractivity contribution is -0.124. The summed E-state index contributed by atoms with van der Waals surface area (Å²) in [5, 5.41) is 3.04. The van der Waals surface area contributed by atoms with Crippen molar-refractivity contribution in [1.29, 1.82) is 0 Å². The van der Waals surface area contributed by atoms with Crippen LogP contribution in [0.1, 0.15) is 41.6 Å². The number of likely N-dealkylation sites (tertiary alicyclic amines) is 1. The molecule has 0 spiro atoms. The molecule has 0 bridgehead atoms. The number of hydrogen-bond acceptors (Lipinski definition) is 6. The number of carbonyl (C=O) groups is 2. The maximum absolute atomic E-state index is 13.3. The monoisotopic (exact) mass is 470 g/mol. The summed E-state index contributed by atoms with van der Waals surface area (Å²) in [6.45, 7) is 3.39. The van der Waals surface area contributed by atoms with E-state index in [2.05, 4.69) is 12.2 Å². The molecule has 2 amide bonds. The molecular formula is C26H34N2O6. The molecule has 0 saturated carbocycles. The second-order valence-electron chi connectivity index (χ2n) is 8.26. The Morgan fingerprint density at radius 1 is 0.971 bits per heavy atom. The SMILES string of the molecule is CCCCNC(=O)[C@H]1CN(C(=O)c2cccc(OC)c2)C[C@H]1c1cc(OC)c(OC)c(OC)c1. The van der Waals surface area contributed by atoms with Crippen molar-refractivity contribution in [3.8, 4) is 23.0 Å². The largest absolute Gasteiger partial charge is 0.497 e. The smallest absolute Gasteiger partial charge is 0.254 e. The number of rotatable bonds is 10. The molecule has 2 aromatic carbocycles. The van der Waals surface area contributed by atoms with Gasteiger partial charge in [0.05, 0.1) is 34.4 Å². The van der Waals surface area contributed by atoms with Gasteiger partial charge in [-0.25, -0.2) is 0 Å². The Balaban J connectivity index is 1.95. The molecule has 2 atom stereocenters. The van der Waals surface area contributed by atoms with Gasteiger partial charge in [0.1, 0.15) is 5.75 Å². The van der Waals surface area contributed by atoms with Crippen LogP contribution in [-0.2, 0) is 4.79 Å². The topological polar surface area (TPSA) is 86.3 Å². The van der Waals surface area contributed by atoms with Gasteiger partial charge in [0, 0.05) is 31.1 Å². The first-order valence-corrected chi connectivity index (χ1v) is 11.5. The van der Waals surface area contributed by atoms with E-state index in [0.717, 1.165) is 18.4 Å². The minimum Gasteiger partial charge on any atom is -0.497 e. The number of hydrogen-bond donors (Lipinski definition) is 1. The van der Waals surface area contributed by atoms with Crippen LogP contribution in [0.5, 0.6) is 23.0 Å². The van der Waals surface area contributed by atoms with Gasteiger partial charge >= 0.3 is 0 Å². The normalized spacial score (nSPS) is 17.3. The van der Waals surface area contributed by atoms with E-state index in [1.807, 2.05) is 12.1 Å². The van der Waals surface area contributed by atoms with Crippen LogP contribution in [0, 0.1) is 5.92 Å². The average molecular weight is 471 g/mol. The molecule has 0 radical (unpaired) electrons. The van der Waals surface area contributed by atoms with Crippen molar-refractivity contribution >= 4 is 11.8 Å². The molecule has 1 aliphatic rings. The molecule has 1 heterocycles. The van der Waals surface area contributed by atoms with Crippen molar-refractivity contribution in [3.05, 3.63) is 47.5 Å².